The average Bonchev–Trinajstić information content (AvgIpc) is 2.92. The van der Waals surface area contributed by atoms with Gasteiger partial charge in [0.2, 0.25) is 5.91 Å². The lowest BCUT2D eigenvalue weighted by atomic mass is 9.78. The summed E-state index contributed by atoms with van der Waals surface area (Å²) < 4.78 is 5.50. The summed E-state index contributed by atoms with van der Waals surface area (Å²) in [5.74, 6) is 2.79. The molecule has 0 aromatic carbocycles. The summed E-state index contributed by atoms with van der Waals surface area (Å²) in [6.07, 6.45) is 4.48. The average molecular weight is 309 g/mol. The normalized spacial score (nSPS) is 28.6. The van der Waals surface area contributed by atoms with Crippen LogP contribution in [0.5, 0.6) is 0 Å². The van der Waals surface area contributed by atoms with Gasteiger partial charge in [-0.15, -0.1) is 0 Å². The van der Waals surface area contributed by atoms with Gasteiger partial charge in [0.1, 0.15) is 0 Å². The van der Waals surface area contributed by atoms with Gasteiger partial charge >= 0.3 is 0 Å². The van der Waals surface area contributed by atoms with Crippen molar-refractivity contribution in [1.29, 1.82) is 0 Å². The molecule has 2 rings (SSSR count). The second kappa shape index (κ2) is 7.81. The minimum atomic E-state index is 0.181. The summed E-state index contributed by atoms with van der Waals surface area (Å²) in [5, 5.41) is 0. The van der Waals surface area contributed by atoms with Crippen LogP contribution >= 0.6 is 0 Å². The first-order valence-corrected chi connectivity index (χ1v) is 9.33. The Morgan fingerprint density at radius 2 is 1.82 bits per heavy atom. The van der Waals surface area contributed by atoms with Crippen molar-refractivity contribution in [3.8, 4) is 0 Å². The largest absolute Gasteiger partial charge is 0.381 e. The molecule has 2 unspecified atom stereocenters. The van der Waals surface area contributed by atoms with Crippen molar-refractivity contribution in [1.82, 2.24) is 4.90 Å². The van der Waals surface area contributed by atoms with Crippen molar-refractivity contribution in [2.45, 2.75) is 66.3 Å². The van der Waals surface area contributed by atoms with Crippen LogP contribution in [0.4, 0.5) is 0 Å². The second-order valence-electron chi connectivity index (χ2n) is 8.03. The van der Waals surface area contributed by atoms with Crippen LogP contribution < -0.4 is 0 Å². The van der Waals surface area contributed by atoms with Gasteiger partial charge in [0.25, 0.3) is 0 Å². The van der Waals surface area contributed by atoms with E-state index in [0.717, 1.165) is 32.6 Å². The maximum absolute atomic E-state index is 13.3. The first-order chi connectivity index (χ1) is 10.5. The molecule has 0 bridgehead atoms. The van der Waals surface area contributed by atoms with E-state index < -0.39 is 0 Å². The standard InChI is InChI=1S/C19H35NO2/c1-6-15-11-17(13(2)3)20(12-15)19(21)18(14(4)5)16-7-9-22-10-8-16/h13-18H,6-12H2,1-5H3/t15?,17-,18?/m0/s1. The Morgan fingerprint density at radius 1 is 1.18 bits per heavy atom. The van der Waals surface area contributed by atoms with Crippen molar-refractivity contribution in [2.75, 3.05) is 19.8 Å². The van der Waals surface area contributed by atoms with Gasteiger partial charge in [0, 0.05) is 31.7 Å². The van der Waals surface area contributed by atoms with Gasteiger partial charge in [0.05, 0.1) is 0 Å². The van der Waals surface area contributed by atoms with Gasteiger partial charge in [-0.1, -0.05) is 41.0 Å². The van der Waals surface area contributed by atoms with Crippen molar-refractivity contribution < 1.29 is 9.53 Å². The molecular weight excluding hydrogens is 274 g/mol. The summed E-state index contributed by atoms with van der Waals surface area (Å²) in [5.41, 5.74) is 0. The maximum atomic E-state index is 13.3. The number of ether oxygens (including phenoxy) is 1. The Kier molecular flexibility index (Phi) is 6.31. The monoisotopic (exact) mass is 309 g/mol. The van der Waals surface area contributed by atoms with Gasteiger partial charge in [-0.2, -0.15) is 0 Å². The summed E-state index contributed by atoms with van der Waals surface area (Å²) in [6.45, 7) is 13.9. The Labute approximate surface area is 136 Å². The van der Waals surface area contributed by atoms with E-state index in [-0.39, 0.29) is 5.92 Å². The van der Waals surface area contributed by atoms with Gasteiger partial charge in [0.15, 0.2) is 0 Å². The van der Waals surface area contributed by atoms with Crippen molar-refractivity contribution in [3.05, 3.63) is 0 Å². The molecular formula is C19H35NO2. The van der Waals surface area contributed by atoms with E-state index >= 15 is 0 Å². The van der Waals surface area contributed by atoms with Crippen LogP contribution in [-0.2, 0) is 9.53 Å². The number of nitrogens with zero attached hydrogens (tertiary/aromatic N) is 1. The topological polar surface area (TPSA) is 29.5 Å². The fourth-order valence-electron chi connectivity index (χ4n) is 4.44. The van der Waals surface area contributed by atoms with Crippen molar-refractivity contribution in [3.63, 3.8) is 0 Å². The number of hydrogen-bond acceptors (Lipinski definition) is 2. The molecule has 2 saturated heterocycles. The third-order valence-corrected chi connectivity index (χ3v) is 5.84. The van der Waals surface area contributed by atoms with Crippen LogP contribution in [0.3, 0.4) is 0 Å². The van der Waals surface area contributed by atoms with Crippen molar-refractivity contribution >= 4 is 5.91 Å². The summed E-state index contributed by atoms with van der Waals surface area (Å²) >= 11 is 0. The lowest BCUT2D eigenvalue weighted by Gasteiger charge is -2.37. The van der Waals surface area contributed by atoms with Gasteiger partial charge in [-0.3, -0.25) is 4.79 Å². The zero-order valence-corrected chi connectivity index (χ0v) is 15.2. The molecule has 22 heavy (non-hydrogen) atoms. The quantitative estimate of drug-likeness (QED) is 0.769. The molecule has 0 aromatic heterocycles. The molecule has 3 atom stereocenters. The minimum absolute atomic E-state index is 0.181. The highest BCUT2D eigenvalue weighted by atomic mass is 16.5. The minimum Gasteiger partial charge on any atom is -0.381 e. The predicted octanol–water partition coefficient (Wildman–Crippen LogP) is 3.97. The van der Waals surface area contributed by atoms with Crippen LogP contribution in [0.25, 0.3) is 0 Å². The number of hydrogen-bond donors (Lipinski definition) is 0. The second-order valence-corrected chi connectivity index (χ2v) is 8.03. The van der Waals surface area contributed by atoms with E-state index in [1.54, 1.807) is 0 Å². The van der Waals surface area contributed by atoms with Crippen LogP contribution in [-0.4, -0.2) is 36.6 Å². The lowest BCUT2D eigenvalue weighted by molar-refractivity contribution is -0.142. The molecule has 3 nitrogen and oxygen atoms in total. The molecule has 0 spiro atoms. The van der Waals surface area contributed by atoms with E-state index in [1.165, 1.54) is 12.8 Å². The third kappa shape index (κ3) is 3.84. The molecule has 128 valence electrons. The van der Waals surface area contributed by atoms with Crippen molar-refractivity contribution in [2.24, 2.45) is 29.6 Å². The van der Waals surface area contributed by atoms with Crippen LogP contribution in [0.1, 0.15) is 60.3 Å². The summed E-state index contributed by atoms with van der Waals surface area (Å²) in [7, 11) is 0. The van der Waals surface area contributed by atoms with E-state index in [1.807, 2.05) is 0 Å². The molecule has 0 radical (unpaired) electrons. The molecule has 0 aliphatic carbocycles. The molecule has 2 aliphatic rings. The first kappa shape index (κ1) is 17.8. The van der Waals surface area contributed by atoms with E-state index in [2.05, 4.69) is 39.5 Å². The van der Waals surface area contributed by atoms with Crippen LogP contribution in [0.15, 0.2) is 0 Å². The van der Waals surface area contributed by atoms with Gasteiger partial charge < -0.3 is 9.64 Å². The zero-order valence-electron chi connectivity index (χ0n) is 15.2. The predicted molar refractivity (Wildman–Crippen MR) is 90.6 cm³/mol. The Hall–Kier alpha value is -0.570. The smallest absolute Gasteiger partial charge is 0.226 e. The third-order valence-electron chi connectivity index (χ3n) is 5.84. The number of carbonyl (C=O) groups is 1. The number of amides is 1. The molecule has 0 N–H and O–H groups in total. The van der Waals surface area contributed by atoms with Crippen LogP contribution in [0.2, 0.25) is 0 Å². The van der Waals surface area contributed by atoms with E-state index in [0.29, 0.717) is 35.6 Å². The Bertz CT molecular complexity index is 360. The van der Waals surface area contributed by atoms with E-state index in [4.69, 9.17) is 4.74 Å². The highest BCUT2D eigenvalue weighted by molar-refractivity contribution is 5.80. The molecule has 0 aromatic rings. The maximum Gasteiger partial charge on any atom is 0.226 e. The highest BCUT2D eigenvalue weighted by Gasteiger charge is 2.41. The van der Waals surface area contributed by atoms with E-state index in [9.17, 15) is 4.79 Å². The van der Waals surface area contributed by atoms with Gasteiger partial charge in [-0.25, -0.2) is 0 Å². The molecule has 1 amide bonds. The summed E-state index contributed by atoms with van der Waals surface area (Å²) in [4.78, 5) is 15.6. The van der Waals surface area contributed by atoms with Gasteiger partial charge in [-0.05, 0) is 42.9 Å². The molecule has 2 aliphatic heterocycles. The first-order valence-electron chi connectivity index (χ1n) is 9.33. The molecule has 2 fully saturated rings. The fraction of sp³-hybridized carbons (Fsp3) is 0.947. The Balaban J connectivity index is 2.14. The Morgan fingerprint density at radius 3 is 2.32 bits per heavy atom. The SMILES string of the molecule is CCC1C[C@@H](C(C)C)N(C(=O)C(C(C)C)C2CCOCC2)C1. The zero-order chi connectivity index (χ0) is 16.3. The number of carbonyl (C=O) groups excluding carboxylic acids is 1. The highest BCUT2D eigenvalue weighted by Crippen LogP contribution is 2.36. The lowest BCUT2D eigenvalue weighted by Crippen LogP contribution is -2.46. The molecule has 3 heteroatoms. The number of rotatable bonds is 5. The molecule has 0 saturated carbocycles. The van der Waals surface area contributed by atoms with Crippen LogP contribution in [0, 0.1) is 29.6 Å². The number of likely N-dealkylation sites (tertiary alicyclic amines) is 1. The molecule has 2 heterocycles. The fourth-order valence-corrected chi connectivity index (χ4v) is 4.44. The summed E-state index contributed by atoms with van der Waals surface area (Å²) in [6, 6.07) is 0.443.